The maximum atomic E-state index is 12.4. The van der Waals surface area contributed by atoms with Gasteiger partial charge >= 0.3 is 0 Å². The third-order valence-corrected chi connectivity index (χ3v) is 4.91. The van der Waals surface area contributed by atoms with E-state index < -0.39 is 11.8 Å². The lowest BCUT2D eigenvalue weighted by atomic mass is 10.2. The Balaban J connectivity index is 1.59. The van der Waals surface area contributed by atoms with Gasteiger partial charge in [0, 0.05) is 24.3 Å². The van der Waals surface area contributed by atoms with Gasteiger partial charge in [0.1, 0.15) is 12.3 Å². The molecule has 2 aromatic rings. The van der Waals surface area contributed by atoms with Crippen LogP contribution in [0.2, 0.25) is 0 Å². The number of anilines is 2. The molecule has 0 saturated heterocycles. The average molecular weight is 410 g/mol. The Hall–Kier alpha value is -3.55. The lowest BCUT2D eigenvalue weighted by Gasteiger charge is -2.21. The predicted molar refractivity (Wildman–Crippen MR) is 115 cm³/mol. The van der Waals surface area contributed by atoms with E-state index in [1.807, 2.05) is 12.1 Å². The molecule has 30 heavy (non-hydrogen) atoms. The van der Waals surface area contributed by atoms with Crippen LogP contribution in [0.1, 0.15) is 30.6 Å². The zero-order chi connectivity index (χ0) is 21.5. The number of fused-ring (bicyclic) bond motifs is 1. The van der Waals surface area contributed by atoms with Gasteiger partial charge in [-0.1, -0.05) is 12.1 Å². The zero-order valence-corrected chi connectivity index (χ0v) is 17.2. The van der Waals surface area contributed by atoms with E-state index in [4.69, 9.17) is 4.74 Å². The van der Waals surface area contributed by atoms with Crippen LogP contribution in [-0.2, 0) is 9.59 Å². The summed E-state index contributed by atoms with van der Waals surface area (Å²) in [5.74, 6) is -0.601. The summed E-state index contributed by atoms with van der Waals surface area (Å²) in [6.45, 7) is 5.93. The summed E-state index contributed by atoms with van der Waals surface area (Å²) in [5, 5.41) is 0. The SMILES string of the molecule is CCN(CC)c1ccc(C(=O)NNC(=O)CN2C(=O)CCOc3ccccc32)cc1. The quantitative estimate of drug-likeness (QED) is 0.712. The largest absolute Gasteiger partial charge is 0.491 e. The summed E-state index contributed by atoms with van der Waals surface area (Å²) in [4.78, 5) is 40.6. The number of carbonyl (C=O) groups excluding carboxylic acids is 3. The number of nitrogens with one attached hydrogen (secondary N) is 2. The van der Waals surface area contributed by atoms with Crippen LogP contribution in [0.4, 0.5) is 11.4 Å². The highest BCUT2D eigenvalue weighted by molar-refractivity contribution is 6.01. The Morgan fingerprint density at radius 1 is 1.03 bits per heavy atom. The maximum Gasteiger partial charge on any atom is 0.269 e. The van der Waals surface area contributed by atoms with Gasteiger partial charge in [0.25, 0.3) is 11.8 Å². The molecule has 0 aromatic heterocycles. The summed E-state index contributed by atoms with van der Waals surface area (Å²) in [5.41, 5.74) is 6.77. The van der Waals surface area contributed by atoms with Crippen LogP contribution in [0.5, 0.6) is 5.75 Å². The zero-order valence-electron chi connectivity index (χ0n) is 17.2. The fraction of sp³-hybridized carbons (Fsp3) is 0.318. The molecule has 0 unspecified atom stereocenters. The molecule has 1 aliphatic heterocycles. The van der Waals surface area contributed by atoms with Crippen molar-refractivity contribution in [1.82, 2.24) is 10.9 Å². The first-order valence-corrected chi connectivity index (χ1v) is 9.99. The first kappa shape index (κ1) is 21.2. The molecule has 1 heterocycles. The third kappa shape index (κ3) is 4.89. The van der Waals surface area contributed by atoms with E-state index in [9.17, 15) is 14.4 Å². The summed E-state index contributed by atoms with van der Waals surface area (Å²) in [7, 11) is 0. The molecule has 2 aromatic carbocycles. The number of rotatable bonds is 6. The van der Waals surface area contributed by atoms with Crippen molar-refractivity contribution in [3.05, 3.63) is 54.1 Å². The highest BCUT2D eigenvalue weighted by atomic mass is 16.5. The minimum atomic E-state index is -0.506. The Bertz CT molecular complexity index is 910. The summed E-state index contributed by atoms with van der Waals surface area (Å²) in [6, 6.07) is 14.2. The van der Waals surface area contributed by atoms with Crippen LogP contribution < -0.4 is 25.4 Å². The van der Waals surface area contributed by atoms with Gasteiger partial charge in [-0.25, -0.2) is 0 Å². The van der Waals surface area contributed by atoms with Crippen LogP contribution in [0, 0.1) is 0 Å². The van der Waals surface area contributed by atoms with Crippen molar-refractivity contribution in [2.75, 3.05) is 36.0 Å². The standard InChI is InChI=1S/C22H26N4O4/c1-3-25(4-2)17-11-9-16(10-12-17)22(29)24-23-20(27)15-26-18-7-5-6-8-19(18)30-14-13-21(26)28/h5-12H,3-4,13-15H2,1-2H3,(H,23,27)(H,24,29). The molecule has 8 nitrogen and oxygen atoms in total. The molecule has 0 radical (unpaired) electrons. The van der Waals surface area contributed by atoms with Gasteiger partial charge in [-0.2, -0.15) is 0 Å². The van der Waals surface area contributed by atoms with E-state index in [0.717, 1.165) is 18.8 Å². The van der Waals surface area contributed by atoms with Crippen molar-refractivity contribution in [1.29, 1.82) is 0 Å². The van der Waals surface area contributed by atoms with E-state index >= 15 is 0 Å². The molecule has 3 amide bonds. The summed E-state index contributed by atoms with van der Waals surface area (Å²) >= 11 is 0. The lowest BCUT2D eigenvalue weighted by Crippen LogP contribution is -2.47. The van der Waals surface area contributed by atoms with E-state index in [0.29, 0.717) is 17.0 Å². The van der Waals surface area contributed by atoms with Gasteiger partial charge in [-0.15, -0.1) is 0 Å². The van der Waals surface area contributed by atoms with Crippen molar-refractivity contribution >= 4 is 29.1 Å². The Morgan fingerprint density at radius 3 is 2.43 bits per heavy atom. The Kier molecular flexibility index (Phi) is 6.90. The molecule has 0 atom stereocenters. The highest BCUT2D eigenvalue weighted by Gasteiger charge is 2.25. The van der Waals surface area contributed by atoms with Crippen molar-refractivity contribution < 1.29 is 19.1 Å². The molecule has 0 bridgehead atoms. The first-order valence-electron chi connectivity index (χ1n) is 9.99. The molecule has 1 aliphatic rings. The Labute approximate surface area is 175 Å². The molecule has 0 saturated carbocycles. The van der Waals surface area contributed by atoms with Gasteiger partial charge in [-0.3, -0.25) is 30.1 Å². The van der Waals surface area contributed by atoms with Gasteiger partial charge in [-0.05, 0) is 50.2 Å². The van der Waals surface area contributed by atoms with E-state index in [1.165, 1.54) is 4.90 Å². The predicted octanol–water partition coefficient (Wildman–Crippen LogP) is 2.11. The van der Waals surface area contributed by atoms with Crippen molar-refractivity contribution in [3.63, 3.8) is 0 Å². The number of para-hydroxylation sites is 2. The molecular weight excluding hydrogens is 384 g/mol. The number of amides is 3. The van der Waals surface area contributed by atoms with Crippen LogP contribution in [-0.4, -0.2) is 44.0 Å². The van der Waals surface area contributed by atoms with Crippen LogP contribution >= 0.6 is 0 Å². The number of ether oxygens (including phenoxy) is 1. The van der Waals surface area contributed by atoms with Gasteiger partial charge < -0.3 is 9.64 Å². The second-order valence-electron chi connectivity index (χ2n) is 6.77. The van der Waals surface area contributed by atoms with E-state index in [1.54, 1.807) is 36.4 Å². The van der Waals surface area contributed by atoms with Crippen molar-refractivity contribution in [2.45, 2.75) is 20.3 Å². The second-order valence-corrected chi connectivity index (χ2v) is 6.77. The number of nitrogens with zero attached hydrogens (tertiary/aromatic N) is 2. The number of hydrogen-bond donors (Lipinski definition) is 2. The number of carbonyl (C=O) groups is 3. The molecule has 158 valence electrons. The van der Waals surface area contributed by atoms with Crippen molar-refractivity contribution in [2.24, 2.45) is 0 Å². The van der Waals surface area contributed by atoms with E-state index in [2.05, 4.69) is 29.6 Å². The normalized spacial score (nSPS) is 13.0. The monoisotopic (exact) mass is 410 g/mol. The smallest absolute Gasteiger partial charge is 0.269 e. The molecule has 0 aliphatic carbocycles. The van der Waals surface area contributed by atoms with Gasteiger partial charge in [0.05, 0.1) is 18.7 Å². The summed E-state index contributed by atoms with van der Waals surface area (Å²) < 4.78 is 5.56. The fourth-order valence-corrected chi connectivity index (χ4v) is 3.29. The molecule has 2 N–H and O–H groups in total. The highest BCUT2D eigenvalue weighted by Crippen LogP contribution is 2.30. The number of benzene rings is 2. The Morgan fingerprint density at radius 2 is 1.73 bits per heavy atom. The van der Waals surface area contributed by atoms with Crippen LogP contribution in [0.3, 0.4) is 0 Å². The number of hydrazine groups is 1. The van der Waals surface area contributed by atoms with Gasteiger partial charge in [0.2, 0.25) is 5.91 Å². The molecule has 0 spiro atoms. The second kappa shape index (κ2) is 9.78. The molecular formula is C22H26N4O4. The number of hydrogen-bond acceptors (Lipinski definition) is 5. The topological polar surface area (TPSA) is 91.0 Å². The van der Waals surface area contributed by atoms with Gasteiger partial charge in [0.15, 0.2) is 0 Å². The first-order chi connectivity index (χ1) is 14.5. The minimum Gasteiger partial charge on any atom is -0.491 e. The van der Waals surface area contributed by atoms with E-state index in [-0.39, 0.29) is 25.5 Å². The fourth-order valence-electron chi connectivity index (χ4n) is 3.29. The van der Waals surface area contributed by atoms with Crippen molar-refractivity contribution in [3.8, 4) is 5.75 Å². The molecule has 8 heteroatoms. The molecule has 0 fully saturated rings. The average Bonchev–Trinajstić information content (AvgIpc) is 2.92. The minimum absolute atomic E-state index is 0.174. The summed E-state index contributed by atoms with van der Waals surface area (Å²) in [6.07, 6.45) is 0.174. The van der Waals surface area contributed by atoms with Crippen LogP contribution in [0.25, 0.3) is 0 Å². The molecule has 3 rings (SSSR count). The lowest BCUT2D eigenvalue weighted by molar-refractivity contribution is -0.124. The van der Waals surface area contributed by atoms with Crippen LogP contribution in [0.15, 0.2) is 48.5 Å². The third-order valence-electron chi connectivity index (χ3n) is 4.91. The maximum absolute atomic E-state index is 12.4.